The predicted octanol–water partition coefficient (Wildman–Crippen LogP) is 5.89. The first kappa shape index (κ1) is 27.9. The van der Waals surface area contributed by atoms with Gasteiger partial charge in [0.15, 0.2) is 11.5 Å². The summed E-state index contributed by atoms with van der Waals surface area (Å²) in [6.07, 6.45) is 0.831. The molecule has 1 amide bonds. The molecule has 0 unspecified atom stereocenters. The van der Waals surface area contributed by atoms with Crippen LogP contribution in [-0.2, 0) is 21.4 Å². The van der Waals surface area contributed by atoms with E-state index < -0.39 is 50.3 Å². The summed E-state index contributed by atoms with van der Waals surface area (Å²) in [7, 11) is -4.31. The SMILES string of the molecule is Cc1ccc(S(=O)(=O)n2cc(C(=O)c3c(F)ccc(NC(=O)OCc4ccccc4)c3F)c3c(Cl)ncnc32)cc1. The summed E-state index contributed by atoms with van der Waals surface area (Å²) in [5.41, 5.74) is -0.847. The molecule has 3 aromatic carbocycles. The number of aromatic nitrogens is 3. The van der Waals surface area contributed by atoms with E-state index in [1.54, 1.807) is 49.4 Å². The van der Waals surface area contributed by atoms with Gasteiger partial charge in [-0.25, -0.2) is 35.9 Å². The van der Waals surface area contributed by atoms with Crippen molar-refractivity contribution in [3.05, 3.63) is 118 Å². The maximum atomic E-state index is 15.5. The van der Waals surface area contributed by atoms with Gasteiger partial charge in [-0.05, 0) is 36.8 Å². The lowest BCUT2D eigenvalue weighted by molar-refractivity contribution is 0.103. The Morgan fingerprint density at radius 3 is 2.41 bits per heavy atom. The first-order chi connectivity index (χ1) is 19.6. The smallest absolute Gasteiger partial charge is 0.412 e. The topological polar surface area (TPSA) is 120 Å². The number of fused-ring (bicyclic) bond motifs is 1. The van der Waals surface area contributed by atoms with Gasteiger partial charge in [-0.15, -0.1) is 0 Å². The molecule has 0 spiro atoms. The first-order valence-electron chi connectivity index (χ1n) is 11.9. The third-order valence-corrected chi connectivity index (χ3v) is 8.05. The molecule has 13 heteroatoms. The van der Waals surface area contributed by atoms with Crippen molar-refractivity contribution in [3.63, 3.8) is 0 Å². The van der Waals surface area contributed by atoms with E-state index in [-0.39, 0.29) is 27.7 Å². The largest absolute Gasteiger partial charge is 0.444 e. The van der Waals surface area contributed by atoms with Gasteiger partial charge >= 0.3 is 6.09 Å². The molecule has 0 atom stereocenters. The van der Waals surface area contributed by atoms with Crippen molar-refractivity contribution in [2.24, 2.45) is 0 Å². The van der Waals surface area contributed by atoms with E-state index in [2.05, 4.69) is 15.3 Å². The second-order valence-corrected chi connectivity index (χ2v) is 11.0. The molecule has 0 radical (unpaired) electrons. The summed E-state index contributed by atoms with van der Waals surface area (Å²) in [6.45, 7) is 1.66. The minimum Gasteiger partial charge on any atom is -0.444 e. The molecule has 5 aromatic rings. The maximum absolute atomic E-state index is 15.5. The fourth-order valence-corrected chi connectivity index (χ4v) is 5.58. The number of rotatable bonds is 7. The van der Waals surface area contributed by atoms with E-state index in [1.165, 1.54) is 12.1 Å². The zero-order chi connectivity index (χ0) is 29.3. The van der Waals surface area contributed by atoms with Crippen molar-refractivity contribution in [2.75, 3.05) is 5.32 Å². The highest BCUT2D eigenvalue weighted by Crippen LogP contribution is 2.32. The molecule has 208 valence electrons. The van der Waals surface area contributed by atoms with Gasteiger partial charge in [0.1, 0.15) is 23.9 Å². The first-order valence-corrected chi connectivity index (χ1v) is 13.7. The molecule has 0 saturated carbocycles. The Labute approximate surface area is 237 Å². The fraction of sp³-hybridized carbons (Fsp3) is 0.0714. The van der Waals surface area contributed by atoms with Crippen molar-refractivity contribution in [1.29, 1.82) is 0 Å². The Bertz CT molecular complexity index is 1910. The van der Waals surface area contributed by atoms with Gasteiger partial charge in [-0.3, -0.25) is 10.1 Å². The molecule has 0 fully saturated rings. The van der Waals surface area contributed by atoms with Crippen molar-refractivity contribution in [3.8, 4) is 0 Å². The Morgan fingerprint density at radius 1 is 1.00 bits per heavy atom. The molecule has 5 rings (SSSR count). The van der Waals surface area contributed by atoms with Gasteiger partial charge in [-0.1, -0.05) is 59.6 Å². The van der Waals surface area contributed by atoms with Gasteiger partial charge < -0.3 is 4.74 Å². The monoisotopic (exact) mass is 596 g/mol. The summed E-state index contributed by atoms with van der Waals surface area (Å²) in [5.74, 6) is -3.91. The highest BCUT2D eigenvalue weighted by Gasteiger charge is 2.30. The minimum absolute atomic E-state index is 0.116. The number of nitrogens with one attached hydrogen (secondary N) is 1. The van der Waals surface area contributed by atoms with Gasteiger partial charge in [0.25, 0.3) is 10.0 Å². The zero-order valence-corrected chi connectivity index (χ0v) is 22.7. The lowest BCUT2D eigenvalue weighted by Crippen LogP contribution is -2.17. The summed E-state index contributed by atoms with van der Waals surface area (Å²) in [5, 5.41) is 1.61. The lowest BCUT2D eigenvalue weighted by Gasteiger charge is -2.11. The Balaban J connectivity index is 1.53. The number of hydrogen-bond acceptors (Lipinski definition) is 7. The van der Waals surface area contributed by atoms with Crippen molar-refractivity contribution in [2.45, 2.75) is 18.4 Å². The van der Waals surface area contributed by atoms with Gasteiger partial charge in [0.2, 0.25) is 5.78 Å². The predicted molar refractivity (Wildman–Crippen MR) is 146 cm³/mol. The number of amides is 1. The van der Waals surface area contributed by atoms with Crippen LogP contribution in [0.15, 0.2) is 84.1 Å². The third-order valence-electron chi connectivity index (χ3n) is 6.10. The third kappa shape index (κ3) is 5.39. The Hall–Kier alpha value is -4.68. The molecule has 0 saturated heterocycles. The standard InChI is InChI=1S/C28H19ClF2N4O5S/c1-16-7-9-18(10-8-16)41(38,39)35-13-19(22-26(29)32-15-33-27(22)35)25(36)23-20(30)11-12-21(24(23)31)34-28(37)40-14-17-5-3-2-4-6-17/h2-13,15H,14H2,1H3,(H,34,37). The average Bonchev–Trinajstić information content (AvgIpc) is 3.36. The van der Waals surface area contributed by atoms with E-state index in [4.69, 9.17) is 16.3 Å². The number of ketones is 1. The molecular formula is C28H19ClF2N4O5S. The Kier molecular flexibility index (Phi) is 7.52. The molecule has 2 aromatic heterocycles. The van der Waals surface area contributed by atoms with Crippen LogP contribution in [0, 0.1) is 18.6 Å². The van der Waals surface area contributed by atoms with E-state index in [0.717, 1.165) is 30.2 Å². The van der Waals surface area contributed by atoms with Crippen molar-refractivity contribution < 1.29 is 31.5 Å². The molecular weight excluding hydrogens is 578 g/mol. The van der Waals surface area contributed by atoms with Crippen LogP contribution in [0.4, 0.5) is 19.3 Å². The number of anilines is 1. The quantitative estimate of drug-likeness (QED) is 0.184. The van der Waals surface area contributed by atoms with E-state index >= 15 is 4.39 Å². The van der Waals surface area contributed by atoms with E-state index in [0.29, 0.717) is 9.54 Å². The van der Waals surface area contributed by atoms with Crippen LogP contribution >= 0.6 is 11.6 Å². The van der Waals surface area contributed by atoms with E-state index in [9.17, 15) is 22.4 Å². The average molecular weight is 597 g/mol. The number of aryl methyl sites for hydroxylation is 1. The van der Waals surface area contributed by atoms with Crippen LogP contribution in [0.25, 0.3) is 11.0 Å². The molecule has 1 N–H and O–H groups in total. The summed E-state index contributed by atoms with van der Waals surface area (Å²) >= 11 is 6.22. The van der Waals surface area contributed by atoms with Gasteiger partial charge in [0, 0.05) is 6.20 Å². The number of ether oxygens (including phenoxy) is 1. The summed E-state index contributed by atoms with van der Waals surface area (Å²) in [6, 6.07) is 16.3. The number of nitrogens with zero attached hydrogens (tertiary/aromatic N) is 3. The molecule has 0 aliphatic carbocycles. The lowest BCUT2D eigenvalue weighted by atomic mass is 10.0. The van der Waals surface area contributed by atoms with Crippen LogP contribution < -0.4 is 5.32 Å². The molecule has 0 bridgehead atoms. The number of hydrogen-bond donors (Lipinski definition) is 1. The van der Waals surface area contributed by atoms with Crippen LogP contribution in [0.5, 0.6) is 0 Å². The summed E-state index contributed by atoms with van der Waals surface area (Å²) < 4.78 is 63.1. The number of benzene rings is 3. The van der Waals surface area contributed by atoms with Gasteiger partial charge in [0.05, 0.1) is 27.1 Å². The summed E-state index contributed by atoms with van der Waals surface area (Å²) in [4.78, 5) is 33.5. The molecule has 41 heavy (non-hydrogen) atoms. The Morgan fingerprint density at radius 2 is 1.71 bits per heavy atom. The van der Waals surface area contributed by atoms with Gasteiger partial charge in [-0.2, -0.15) is 0 Å². The highest BCUT2D eigenvalue weighted by atomic mass is 35.5. The van der Waals surface area contributed by atoms with Crippen molar-refractivity contribution in [1.82, 2.24) is 13.9 Å². The molecule has 9 nitrogen and oxygen atoms in total. The van der Waals surface area contributed by atoms with Crippen LogP contribution in [-0.4, -0.2) is 34.2 Å². The highest BCUT2D eigenvalue weighted by molar-refractivity contribution is 7.90. The fourth-order valence-electron chi connectivity index (χ4n) is 4.04. The minimum atomic E-state index is -4.31. The maximum Gasteiger partial charge on any atom is 0.412 e. The van der Waals surface area contributed by atoms with Crippen LogP contribution in [0.3, 0.4) is 0 Å². The zero-order valence-electron chi connectivity index (χ0n) is 21.1. The molecule has 2 heterocycles. The molecule has 0 aliphatic rings. The van der Waals surface area contributed by atoms with Crippen LogP contribution in [0.1, 0.15) is 27.0 Å². The molecule has 0 aliphatic heterocycles. The second-order valence-electron chi connectivity index (χ2n) is 8.82. The second kappa shape index (κ2) is 11.1. The van der Waals surface area contributed by atoms with E-state index in [1.807, 2.05) is 0 Å². The van der Waals surface area contributed by atoms with Crippen LogP contribution in [0.2, 0.25) is 5.15 Å². The number of halogens is 3. The number of carbonyl (C=O) groups excluding carboxylic acids is 2. The normalized spacial score (nSPS) is 11.4. The number of carbonyl (C=O) groups is 2. The van der Waals surface area contributed by atoms with Crippen molar-refractivity contribution >= 4 is 50.2 Å².